The van der Waals surface area contributed by atoms with Crippen molar-refractivity contribution in [1.29, 1.82) is 0 Å². The second-order valence-electron chi connectivity index (χ2n) is 4.28. The maximum atomic E-state index is 12.0. The number of methoxy groups -OCH3 is 1. The first-order valence-electron chi connectivity index (χ1n) is 6.16. The highest BCUT2D eigenvalue weighted by molar-refractivity contribution is 5.81. The van der Waals surface area contributed by atoms with Crippen LogP contribution in [0.5, 0.6) is 0 Å². The molecule has 1 rings (SSSR count). The van der Waals surface area contributed by atoms with Crippen molar-refractivity contribution in [2.45, 2.75) is 44.6 Å². The molecule has 0 amide bonds. The van der Waals surface area contributed by atoms with Crippen LogP contribution in [-0.2, 0) is 14.3 Å². The minimum absolute atomic E-state index is 0.0918. The molecule has 1 N–H and O–H groups in total. The molecule has 94 valence electrons. The number of hydrogen-bond acceptors (Lipinski definition) is 4. The topological polar surface area (TPSA) is 47.6 Å². The summed E-state index contributed by atoms with van der Waals surface area (Å²) >= 11 is 0. The molecule has 1 fully saturated rings. The summed E-state index contributed by atoms with van der Waals surface area (Å²) in [5.74, 6) is -0.0918. The fourth-order valence-corrected chi connectivity index (χ4v) is 2.27. The number of carbonyl (C=O) groups excluding carboxylic acids is 1. The average molecular weight is 229 g/mol. The summed E-state index contributed by atoms with van der Waals surface area (Å²) in [4.78, 5) is 12.0. The molecule has 1 aliphatic rings. The van der Waals surface area contributed by atoms with E-state index in [1.807, 2.05) is 6.92 Å². The predicted molar refractivity (Wildman–Crippen MR) is 62.3 cm³/mol. The van der Waals surface area contributed by atoms with Crippen LogP contribution in [0, 0.1) is 0 Å². The van der Waals surface area contributed by atoms with Gasteiger partial charge in [-0.2, -0.15) is 0 Å². The van der Waals surface area contributed by atoms with Gasteiger partial charge in [0, 0.05) is 13.7 Å². The number of rotatable bonds is 6. The number of nitrogens with one attached hydrogen (secondary N) is 1. The highest BCUT2D eigenvalue weighted by Crippen LogP contribution is 2.29. The van der Waals surface area contributed by atoms with Gasteiger partial charge in [0.05, 0.1) is 13.2 Å². The minimum atomic E-state index is -0.452. The van der Waals surface area contributed by atoms with E-state index in [1.165, 1.54) is 6.42 Å². The number of hydrogen-bond donors (Lipinski definition) is 1. The van der Waals surface area contributed by atoms with Crippen LogP contribution in [0.4, 0.5) is 0 Å². The fourth-order valence-electron chi connectivity index (χ4n) is 2.27. The average Bonchev–Trinajstić information content (AvgIpc) is 2.31. The van der Waals surface area contributed by atoms with Gasteiger partial charge in [-0.1, -0.05) is 19.3 Å². The molecular weight excluding hydrogens is 206 g/mol. The molecule has 4 nitrogen and oxygen atoms in total. The Balaban J connectivity index is 2.55. The Hall–Kier alpha value is -0.610. The first kappa shape index (κ1) is 13.5. The largest absolute Gasteiger partial charge is 0.465 e. The highest BCUT2D eigenvalue weighted by Gasteiger charge is 2.40. The van der Waals surface area contributed by atoms with E-state index in [-0.39, 0.29) is 5.97 Å². The Bertz CT molecular complexity index is 212. The normalized spacial score (nSPS) is 19.4. The van der Waals surface area contributed by atoms with Crippen molar-refractivity contribution in [2.24, 2.45) is 0 Å². The Kier molecular flexibility index (Phi) is 5.77. The van der Waals surface area contributed by atoms with Crippen molar-refractivity contribution >= 4 is 5.97 Å². The van der Waals surface area contributed by atoms with Crippen molar-refractivity contribution in [1.82, 2.24) is 5.32 Å². The molecule has 16 heavy (non-hydrogen) atoms. The Labute approximate surface area is 97.7 Å². The number of ether oxygens (including phenoxy) is 2. The maximum Gasteiger partial charge on any atom is 0.326 e. The SMILES string of the molecule is CCOC(=O)C1(NCCOC)CCCCC1. The zero-order chi connectivity index (χ0) is 11.9. The number of carbonyl (C=O) groups is 1. The monoisotopic (exact) mass is 229 g/mol. The van der Waals surface area contributed by atoms with Gasteiger partial charge in [0.25, 0.3) is 0 Å². The molecule has 0 aliphatic heterocycles. The molecule has 1 aliphatic carbocycles. The Morgan fingerprint density at radius 1 is 1.31 bits per heavy atom. The Morgan fingerprint density at radius 2 is 2.00 bits per heavy atom. The Morgan fingerprint density at radius 3 is 2.56 bits per heavy atom. The van der Waals surface area contributed by atoms with Crippen LogP contribution in [0.25, 0.3) is 0 Å². The summed E-state index contributed by atoms with van der Waals surface area (Å²) in [5.41, 5.74) is -0.452. The van der Waals surface area contributed by atoms with Crippen LogP contribution in [0.3, 0.4) is 0 Å². The minimum Gasteiger partial charge on any atom is -0.465 e. The van der Waals surface area contributed by atoms with Crippen LogP contribution < -0.4 is 5.32 Å². The quantitative estimate of drug-likeness (QED) is 0.554. The van der Waals surface area contributed by atoms with Gasteiger partial charge < -0.3 is 9.47 Å². The molecule has 1 saturated carbocycles. The molecule has 0 atom stereocenters. The molecule has 0 saturated heterocycles. The second kappa shape index (κ2) is 6.86. The molecule has 0 spiro atoms. The van der Waals surface area contributed by atoms with Gasteiger partial charge in [-0.25, -0.2) is 0 Å². The predicted octanol–water partition coefficient (Wildman–Crippen LogP) is 1.49. The van der Waals surface area contributed by atoms with E-state index in [0.29, 0.717) is 19.8 Å². The lowest BCUT2D eigenvalue weighted by molar-refractivity contribution is -0.153. The summed E-state index contributed by atoms with van der Waals surface area (Å²) < 4.78 is 10.2. The third-order valence-electron chi connectivity index (χ3n) is 3.14. The van der Waals surface area contributed by atoms with Gasteiger partial charge in [0.2, 0.25) is 0 Å². The maximum absolute atomic E-state index is 12.0. The smallest absolute Gasteiger partial charge is 0.326 e. The van der Waals surface area contributed by atoms with E-state index >= 15 is 0 Å². The van der Waals surface area contributed by atoms with E-state index in [4.69, 9.17) is 9.47 Å². The lowest BCUT2D eigenvalue weighted by Crippen LogP contribution is -2.55. The number of esters is 1. The van der Waals surface area contributed by atoms with Crippen LogP contribution in [0.1, 0.15) is 39.0 Å². The molecule has 0 aromatic heterocycles. The summed E-state index contributed by atoms with van der Waals surface area (Å²) in [7, 11) is 1.67. The van der Waals surface area contributed by atoms with Crippen LogP contribution in [0.2, 0.25) is 0 Å². The van der Waals surface area contributed by atoms with Gasteiger partial charge in [0.1, 0.15) is 5.54 Å². The fraction of sp³-hybridized carbons (Fsp3) is 0.917. The van der Waals surface area contributed by atoms with E-state index in [2.05, 4.69) is 5.32 Å². The molecule has 0 heterocycles. The van der Waals surface area contributed by atoms with Crippen molar-refractivity contribution in [2.75, 3.05) is 26.9 Å². The van der Waals surface area contributed by atoms with E-state index in [9.17, 15) is 4.79 Å². The summed E-state index contributed by atoms with van der Waals surface area (Å²) in [6.45, 7) is 3.63. The van der Waals surface area contributed by atoms with Crippen molar-refractivity contribution in [3.05, 3.63) is 0 Å². The van der Waals surface area contributed by atoms with E-state index in [1.54, 1.807) is 7.11 Å². The van der Waals surface area contributed by atoms with E-state index in [0.717, 1.165) is 25.7 Å². The van der Waals surface area contributed by atoms with Gasteiger partial charge in [-0.3, -0.25) is 10.1 Å². The molecular formula is C12H23NO3. The highest BCUT2D eigenvalue weighted by atomic mass is 16.5. The van der Waals surface area contributed by atoms with Crippen molar-refractivity contribution in [3.8, 4) is 0 Å². The zero-order valence-electron chi connectivity index (χ0n) is 10.4. The summed E-state index contributed by atoms with van der Waals surface area (Å²) in [6.07, 6.45) is 5.18. The third-order valence-corrected chi connectivity index (χ3v) is 3.14. The molecule has 0 bridgehead atoms. The summed E-state index contributed by atoms with van der Waals surface area (Å²) in [5, 5.41) is 3.32. The van der Waals surface area contributed by atoms with Gasteiger partial charge in [-0.15, -0.1) is 0 Å². The first-order valence-corrected chi connectivity index (χ1v) is 6.16. The molecule has 0 radical (unpaired) electrons. The zero-order valence-corrected chi connectivity index (χ0v) is 10.4. The van der Waals surface area contributed by atoms with E-state index < -0.39 is 5.54 Å². The lowest BCUT2D eigenvalue weighted by atomic mass is 9.81. The van der Waals surface area contributed by atoms with Crippen LogP contribution in [0.15, 0.2) is 0 Å². The molecule has 0 aromatic carbocycles. The molecule has 0 unspecified atom stereocenters. The van der Waals surface area contributed by atoms with Gasteiger partial charge in [-0.05, 0) is 19.8 Å². The lowest BCUT2D eigenvalue weighted by Gasteiger charge is -2.35. The molecule has 4 heteroatoms. The van der Waals surface area contributed by atoms with Gasteiger partial charge in [0.15, 0.2) is 0 Å². The standard InChI is InChI=1S/C12H23NO3/c1-3-16-11(14)12(13-9-10-15-2)7-5-4-6-8-12/h13H,3-10H2,1-2H3. The first-order chi connectivity index (χ1) is 7.75. The van der Waals surface area contributed by atoms with Crippen LogP contribution >= 0.6 is 0 Å². The van der Waals surface area contributed by atoms with Crippen molar-refractivity contribution in [3.63, 3.8) is 0 Å². The summed E-state index contributed by atoms with van der Waals surface area (Å²) in [6, 6.07) is 0. The van der Waals surface area contributed by atoms with Crippen molar-refractivity contribution < 1.29 is 14.3 Å². The van der Waals surface area contributed by atoms with Gasteiger partial charge >= 0.3 is 5.97 Å². The third kappa shape index (κ3) is 3.46. The van der Waals surface area contributed by atoms with Crippen LogP contribution in [-0.4, -0.2) is 38.4 Å². The second-order valence-corrected chi connectivity index (χ2v) is 4.28. The molecule has 0 aromatic rings.